The lowest BCUT2D eigenvalue weighted by Crippen LogP contribution is -2.41. The number of carbonyl (C=O) groups is 1. The first kappa shape index (κ1) is 20.4. The summed E-state index contributed by atoms with van der Waals surface area (Å²) in [6.45, 7) is 2.24. The van der Waals surface area contributed by atoms with Crippen molar-refractivity contribution < 1.29 is 9.72 Å². The van der Waals surface area contributed by atoms with E-state index in [1.54, 1.807) is 12.1 Å². The molecule has 3 rings (SSSR count). The van der Waals surface area contributed by atoms with Gasteiger partial charge in [0.15, 0.2) is 0 Å². The lowest BCUT2D eigenvalue weighted by molar-refractivity contribution is -0.387. The Balaban J connectivity index is 1.66. The summed E-state index contributed by atoms with van der Waals surface area (Å²) >= 11 is 7.12. The average molecular weight is 421 g/mol. The van der Waals surface area contributed by atoms with Crippen LogP contribution in [0.2, 0.25) is 5.02 Å². The van der Waals surface area contributed by atoms with E-state index in [4.69, 9.17) is 11.6 Å². The van der Waals surface area contributed by atoms with E-state index in [2.05, 4.69) is 15.8 Å². The van der Waals surface area contributed by atoms with Crippen molar-refractivity contribution in [3.05, 3.63) is 57.6 Å². The average Bonchev–Trinajstić information content (AvgIpc) is 2.69. The third kappa shape index (κ3) is 5.60. The third-order valence-electron chi connectivity index (χ3n) is 4.38. The van der Waals surface area contributed by atoms with E-state index >= 15 is 0 Å². The van der Waals surface area contributed by atoms with Gasteiger partial charge in [-0.2, -0.15) is 0 Å². The smallest absolute Gasteiger partial charge is 0.284 e. The van der Waals surface area contributed by atoms with E-state index in [-0.39, 0.29) is 11.6 Å². The van der Waals surface area contributed by atoms with Gasteiger partial charge in [-0.25, -0.2) is 0 Å². The maximum Gasteiger partial charge on any atom is 0.284 e. The van der Waals surface area contributed by atoms with Crippen molar-refractivity contribution in [3.63, 3.8) is 0 Å². The molecule has 1 amide bonds. The highest BCUT2D eigenvalue weighted by Crippen LogP contribution is 2.39. The number of hydrogen-bond donors (Lipinski definition) is 2. The molecule has 2 aromatic rings. The van der Waals surface area contributed by atoms with Crippen LogP contribution in [0.3, 0.4) is 0 Å². The second-order valence-corrected chi connectivity index (χ2v) is 8.00. The molecule has 1 fully saturated rings. The van der Waals surface area contributed by atoms with Gasteiger partial charge < -0.3 is 0 Å². The number of carbonyl (C=O) groups excluding carboxylic acids is 1. The molecule has 0 spiro atoms. The molecule has 0 atom stereocenters. The number of hydrogen-bond acceptors (Lipinski definition) is 6. The number of hydrazine groups is 1. The molecule has 1 aliphatic rings. The van der Waals surface area contributed by atoms with E-state index in [0.717, 1.165) is 30.8 Å². The maximum absolute atomic E-state index is 12.2. The van der Waals surface area contributed by atoms with Crippen LogP contribution in [0.1, 0.15) is 19.3 Å². The largest absolute Gasteiger partial charge is 0.297 e. The van der Waals surface area contributed by atoms with Crippen molar-refractivity contribution in [2.45, 2.75) is 29.1 Å². The van der Waals surface area contributed by atoms with Crippen LogP contribution in [0.25, 0.3) is 0 Å². The van der Waals surface area contributed by atoms with Crippen molar-refractivity contribution in [1.29, 1.82) is 0 Å². The first-order chi connectivity index (χ1) is 13.5. The number of nitrogens with one attached hydrogen (secondary N) is 2. The number of rotatable bonds is 7. The fraction of sp³-hybridized carbons (Fsp3) is 0.316. The molecule has 7 nitrogen and oxygen atoms in total. The zero-order valence-corrected chi connectivity index (χ0v) is 16.8. The second kappa shape index (κ2) is 9.77. The van der Waals surface area contributed by atoms with Gasteiger partial charge in [0.2, 0.25) is 0 Å². The Morgan fingerprint density at radius 2 is 1.89 bits per heavy atom. The van der Waals surface area contributed by atoms with Gasteiger partial charge in [-0.3, -0.25) is 30.7 Å². The third-order valence-corrected chi connectivity index (χ3v) is 5.75. The van der Waals surface area contributed by atoms with Gasteiger partial charge in [0.25, 0.3) is 11.6 Å². The highest BCUT2D eigenvalue weighted by Gasteiger charge is 2.17. The van der Waals surface area contributed by atoms with E-state index in [1.807, 2.05) is 24.3 Å². The molecule has 0 aromatic heterocycles. The van der Waals surface area contributed by atoms with Gasteiger partial charge >= 0.3 is 0 Å². The number of likely N-dealkylation sites (tertiary alicyclic amines) is 1. The Bertz CT molecular complexity index is 859. The van der Waals surface area contributed by atoms with Crippen LogP contribution in [0.5, 0.6) is 0 Å². The Kier molecular flexibility index (Phi) is 7.13. The normalized spacial score (nSPS) is 14.5. The Labute approximate surface area is 172 Å². The zero-order chi connectivity index (χ0) is 19.9. The Hall–Kier alpha value is -2.29. The minimum Gasteiger partial charge on any atom is -0.297 e. The number of benzene rings is 2. The quantitative estimate of drug-likeness (QED) is 0.512. The summed E-state index contributed by atoms with van der Waals surface area (Å²) in [6.07, 6.45) is 3.47. The highest BCUT2D eigenvalue weighted by atomic mass is 35.5. The Morgan fingerprint density at radius 1 is 1.14 bits per heavy atom. The molecule has 0 aliphatic carbocycles. The summed E-state index contributed by atoms with van der Waals surface area (Å²) in [5.41, 5.74) is 6.28. The standard InChI is InChI=1S/C19H21ClN4O3S/c20-14-8-9-18(16(12-14)24(26)27)28-17-7-3-2-6-15(17)21-22-19(25)13-23-10-4-1-5-11-23/h2-3,6-9,12,21H,1,4-5,10-11,13H2,(H,22,25). The van der Waals surface area contributed by atoms with E-state index in [1.165, 1.54) is 24.2 Å². The fourth-order valence-electron chi connectivity index (χ4n) is 2.99. The number of nitro benzene ring substituents is 1. The van der Waals surface area contributed by atoms with Crippen LogP contribution in [-0.2, 0) is 4.79 Å². The molecule has 148 valence electrons. The highest BCUT2D eigenvalue weighted by molar-refractivity contribution is 7.99. The minimum absolute atomic E-state index is 0.0542. The predicted molar refractivity (Wildman–Crippen MR) is 111 cm³/mol. The van der Waals surface area contributed by atoms with Crippen LogP contribution >= 0.6 is 23.4 Å². The predicted octanol–water partition coefficient (Wildman–Crippen LogP) is 4.33. The Morgan fingerprint density at radius 3 is 2.64 bits per heavy atom. The van der Waals surface area contributed by atoms with Gasteiger partial charge in [-0.05, 0) is 50.2 Å². The summed E-state index contributed by atoms with van der Waals surface area (Å²) in [5, 5.41) is 11.6. The van der Waals surface area contributed by atoms with Crippen molar-refractivity contribution >= 4 is 40.6 Å². The summed E-state index contributed by atoms with van der Waals surface area (Å²) in [4.78, 5) is 26.4. The van der Waals surface area contributed by atoms with Gasteiger partial charge in [-0.15, -0.1) is 0 Å². The summed E-state index contributed by atoms with van der Waals surface area (Å²) in [7, 11) is 0. The number of piperidine rings is 1. The summed E-state index contributed by atoms with van der Waals surface area (Å²) in [6, 6.07) is 11.9. The molecule has 9 heteroatoms. The number of nitro groups is 1. The van der Waals surface area contributed by atoms with Gasteiger partial charge in [0, 0.05) is 16.0 Å². The summed E-state index contributed by atoms with van der Waals surface area (Å²) < 4.78 is 0. The van der Waals surface area contributed by atoms with E-state index < -0.39 is 4.92 Å². The van der Waals surface area contributed by atoms with Crippen molar-refractivity contribution in [2.75, 3.05) is 25.1 Å². The second-order valence-electron chi connectivity index (χ2n) is 6.48. The van der Waals surface area contributed by atoms with Gasteiger partial charge in [-0.1, -0.05) is 41.9 Å². The van der Waals surface area contributed by atoms with Crippen molar-refractivity contribution in [2.24, 2.45) is 0 Å². The number of para-hydroxylation sites is 1. The molecule has 1 heterocycles. The molecule has 1 aliphatic heterocycles. The topological polar surface area (TPSA) is 87.5 Å². The first-order valence-electron chi connectivity index (χ1n) is 9.01. The lowest BCUT2D eigenvalue weighted by atomic mass is 10.1. The molecule has 0 bridgehead atoms. The number of nitrogens with zero attached hydrogens (tertiary/aromatic N) is 2. The lowest BCUT2D eigenvalue weighted by Gasteiger charge is -2.25. The van der Waals surface area contributed by atoms with Crippen molar-refractivity contribution in [1.82, 2.24) is 10.3 Å². The van der Waals surface area contributed by atoms with Gasteiger partial charge in [0.05, 0.1) is 22.1 Å². The molecule has 1 saturated heterocycles. The summed E-state index contributed by atoms with van der Waals surface area (Å²) in [5.74, 6) is -0.112. The van der Waals surface area contributed by atoms with Crippen LogP contribution in [0.15, 0.2) is 52.3 Å². The van der Waals surface area contributed by atoms with Crippen LogP contribution in [-0.4, -0.2) is 35.4 Å². The molecule has 0 radical (unpaired) electrons. The molecular formula is C19H21ClN4O3S. The molecule has 0 saturated carbocycles. The van der Waals surface area contributed by atoms with Crippen molar-refractivity contribution in [3.8, 4) is 0 Å². The van der Waals surface area contributed by atoms with Crippen LogP contribution < -0.4 is 10.9 Å². The minimum atomic E-state index is -0.454. The van der Waals surface area contributed by atoms with E-state index in [9.17, 15) is 14.9 Å². The molecule has 0 unspecified atom stereocenters. The van der Waals surface area contributed by atoms with Crippen LogP contribution in [0, 0.1) is 10.1 Å². The van der Waals surface area contributed by atoms with Crippen LogP contribution in [0.4, 0.5) is 11.4 Å². The molecular weight excluding hydrogens is 400 g/mol. The SMILES string of the molecule is O=C(CN1CCCCC1)NNc1ccccc1Sc1ccc(Cl)cc1[N+](=O)[O-]. The molecule has 2 N–H and O–H groups in total. The van der Waals surface area contributed by atoms with Gasteiger partial charge in [0.1, 0.15) is 0 Å². The number of halogens is 1. The zero-order valence-electron chi connectivity index (χ0n) is 15.2. The monoisotopic (exact) mass is 420 g/mol. The molecule has 2 aromatic carbocycles. The first-order valence-corrected chi connectivity index (χ1v) is 10.2. The fourth-order valence-corrected chi connectivity index (χ4v) is 4.15. The maximum atomic E-state index is 12.2. The number of anilines is 1. The number of amides is 1. The molecule has 28 heavy (non-hydrogen) atoms. The van der Waals surface area contributed by atoms with E-state index in [0.29, 0.717) is 22.2 Å².